The Bertz CT molecular complexity index is 614. The van der Waals surface area contributed by atoms with Gasteiger partial charge >= 0.3 is 0 Å². The molecule has 0 saturated carbocycles. The van der Waals surface area contributed by atoms with Crippen LogP contribution in [-0.4, -0.2) is 53.8 Å². The maximum absolute atomic E-state index is 13.0. The molecule has 0 bridgehead atoms. The summed E-state index contributed by atoms with van der Waals surface area (Å²) in [7, 11) is 0. The first-order valence-electron chi connectivity index (χ1n) is 9.46. The van der Waals surface area contributed by atoms with E-state index in [4.69, 9.17) is 5.73 Å². The topological polar surface area (TPSA) is 66.6 Å². The number of amides is 2. The highest BCUT2D eigenvalue weighted by Crippen LogP contribution is 2.25. The van der Waals surface area contributed by atoms with Gasteiger partial charge in [0.25, 0.3) is 5.91 Å². The first-order chi connectivity index (χ1) is 12.1. The Morgan fingerprint density at radius 1 is 1.08 bits per heavy atom. The largest absolute Gasteiger partial charge is 0.338 e. The quantitative estimate of drug-likeness (QED) is 0.915. The second-order valence-corrected chi connectivity index (χ2v) is 7.37. The van der Waals surface area contributed by atoms with Gasteiger partial charge < -0.3 is 15.5 Å². The molecule has 0 aromatic heterocycles. The van der Waals surface area contributed by atoms with E-state index in [-0.39, 0.29) is 23.8 Å². The minimum Gasteiger partial charge on any atom is -0.338 e. The lowest BCUT2D eigenvalue weighted by atomic mass is 9.93. The van der Waals surface area contributed by atoms with Crippen LogP contribution in [0.2, 0.25) is 0 Å². The Labute approximate surface area is 150 Å². The standard InChI is InChI=1S/C20H29N3O2/c1-15-7-9-16(10-8-15)19(24)22-11-4-5-17(14-22)20(25)23-12-3-2-6-18(23)13-21/h7-10,17-18H,2-6,11-14,21H2,1H3. The molecule has 25 heavy (non-hydrogen) atoms. The summed E-state index contributed by atoms with van der Waals surface area (Å²) >= 11 is 0. The smallest absolute Gasteiger partial charge is 0.253 e. The van der Waals surface area contributed by atoms with Crippen molar-refractivity contribution in [3.63, 3.8) is 0 Å². The normalized spacial score (nSPS) is 24.2. The summed E-state index contributed by atoms with van der Waals surface area (Å²) in [5, 5.41) is 0. The average molecular weight is 343 g/mol. The van der Waals surface area contributed by atoms with Gasteiger partial charge in [0.1, 0.15) is 0 Å². The van der Waals surface area contributed by atoms with Crippen LogP contribution in [0.1, 0.15) is 48.0 Å². The first kappa shape index (κ1) is 17.9. The Kier molecular flexibility index (Phi) is 5.74. The van der Waals surface area contributed by atoms with Crippen LogP contribution in [-0.2, 0) is 4.79 Å². The van der Waals surface area contributed by atoms with E-state index in [0.717, 1.165) is 50.8 Å². The van der Waals surface area contributed by atoms with Crippen LogP contribution in [0.3, 0.4) is 0 Å². The molecule has 5 nitrogen and oxygen atoms in total. The average Bonchev–Trinajstić information content (AvgIpc) is 2.67. The zero-order valence-electron chi connectivity index (χ0n) is 15.1. The molecular weight excluding hydrogens is 314 g/mol. The van der Waals surface area contributed by atoms with E-state index in [9.17, 15) is 9.59 Å². The summed E-state index contributed by atoms with van der Waals surface area (Å²) in [4.78, 5) is 29.6. The van der Waals surface area contributed by atoms with Gasteiger partial charge in [-0.1, -0.05) is 17.7 Å². The van der Waals surface area contributed by atoms with Gasteiger partial charge in [0.05, 0.1) is 5.92 Å². The number of benzene rings is 1. The number of rotatable bonds is 3. The number of carbonyl (C=O) groups excluding carboxylic acids is 2. The Morgan fingerprint density at radius 2 is 1.84 bits per heavy atom. The fourth-order valence-corrected chi connectivity index (χ4v) is 4.01. The molecular formula is C20H29N3O2. The van der Waals surface area contributed by atoms with Crippen molar-refractivity contribution in [1.82, 2.24) is 9.80 Å². The number of piperidine rings is 2. The molecule has 2 atom stereocenters. The minimum atomic E-state index is -0.0877. The fourth-order valence-electron chi connectivity index (χ4n) is 4.01. The number of likely N-dealkylation sites (tertiary alicyclic amines) is 2. The van der Waals surface area contributed by atoms with E-state index in [0.29, 0.717) is 18.7 Å². The SMILES string of the molecule is Cc1ccc(C(=O)N2CCCC(C(=O)N3CCCCC3CN)C2)cc1. The van der Waals surface area contributed by atoms with E-state index in [2.05, 4.69) is 0 Å². The van der Waals surface area contributed by atoms with Crippen molar-refractivity contribution in [2.75, 3.05) is 26.2 Å². The molecule has 0 spiro atoms. The molecule has 2 aliphatic heterocycles. The van der Waals surface area contributed by atoms with E-state index in [1.807, 2.05) is 41.0 Å². The minimum absolute atomic E-state index is 0.0338. The van der Waals surface area contributed by atoms with E-state index in [1.54, 1.807) is 0 Å². The van der Waals surface area contributed by atoms with Gasteiger partial charge in [-0.25, -0.2) is 0 Å². The van der Waals surface area contributed by atoms with Crippen molar-refractivity contribution in [3.8, 4) is 0 Å². The summed E-state index contributed by atoms with van der Waals surface area (Å²) in [6.45, 7) is 4.61. The third-order valence-electron chi connectivity index (χ3n) is 5.54. The van der Waals surface area contributed by atoms with Crippen molar-refractivity contribution >= 4 is 11.8 Å². The number of nitrogens with two attached hydrogens (primary N) is 1. The molecule has 2 aliphatic rings. The van der Waals surface area contributed by atoms with Gasteiger partial charge in [0.2, 0.25) is 5.91 Å². The second kappa shape index (κ2) is 8.00. The molecule has 136 valence electrons. The molecule has 2 saturated heterocycles. The van der Waals surface area contributed by atoms with E-state index >= 15 is 0 Å². The molecule has 2 amide bonds. The number of aryl methyl sites for hydroxylation is 1. The molecule has 0 radical (unpaired) electrons. The number of carbonyl (C=O) groups is 2. The van der Waals surface area contributed by atoms with Crippen molar-refractivity contribution in [2.45, 2.75) is 45.1 Å². The molecule has 0 aliphatic carbocycles. The van der Waals surface area contributed by atoms with Gasteiger partial charge in [-0.2, -0.15) is 0 Å². The molecule has 3 rings (SSSR count). The number of hydrogen-bond donors (Lipinski definition) is 1. The van der Waals surface area contributed by atoms with Crippen LogP contribution in [0.5, 0.6) is 0 Å². The highest BCUT2D eigenvalue weighted by molar-refractivity contribution is 5.94. The van der Waals surface area contributed by atoms with Gasteiger partial charge in [0.15, 0.2) is 0 Å². The van der Waals surface area contributed by atoms with Gasteiger partial charge in [-0.05, 0) is 51.2 Å². The molecule has 1 aromatic rings. The Hall–Kier alpha value is -1.88. The van der Waals surface area contributed by atoms with Crippen molar-refractivity contribution < 1.29 is 9.59 Å². The van der Waals surface area contributed by atoms with Crippen LogP contribution in [0, 0.1) is 12.8 Å². The maximum Gasteiger partial charge on any atom is 0.253 e. The summed E-state index contributed by atoms with van der Waals surface area (Å²) in [5.41, 5.74) is 7.71. The lowest BCUT2D eigenvalue weighted by molar-refractivity contribution is -0.140. The zero-order valence-corrected chi connectivity index (χ0v) is 15.1. The zero-order chi connectivity index (χ0) is 17.8. The van der Waals surface area contributed by atoms with Gasteiger partial charge in [-0.3, -0.25) is 9.59 Å². The lowest BCUT2D eigenvalue weighted by Gasteiger charge is -2.40. The molecule has 2 fully saturated rings. The predicted octanol–water partition coefficient (Wildman–Crippen LogP) is 2.19. The van der Waals surface area contributed by atoms with E-state index < -0.39 is 0 Å². The molecule has 2 N–H and O–H groups in total. The fraction of sp³-hybridized carbons (Fsp3) is 0.600. The predicted molar refractivity (Wildman–Crippen MR) is 98.2 cm³/mol. The van der Waals surface area contributed by atoms with Crippen molar-refractivity contribution in [3.05, 3.63) is 35.4 Å². The molecule has 2 unspecified atom stereocenters. The third-order valence-corrected chi connectivity index (χ3v) is 5.54. The molecule has 2 heterocycles. The third kappa shape index (κ3) is 4.03. The van der Waals surface area contributed by atoms with Crippen LogP contribution in [0.25, 0.3) is 0 Å². The lowest BCUT2D eigenvalue weighted by Crippen LogP contribution is -2.53. The van der Waals surface area contributed by atoms with E-state index in [1.165, 1.54) is 0 Å². The highest BCUT2D eigenvalue weighted by atomic mass is 16.2. The second-order valence-electron chi connectivity index (χ2n) is 7.37. The van der Waals surface area contributed by atoms with Crippen LogP contribution >= 0.6 is 0 Å². The monoisotopic (exact) mass is 343 g/mol. The van der Waals surface area contributed by atoms with Gasteiger partial charge in [-0.15, -0.1) is 0 Å². The van der Waals surface area contributed by atoms with Crippen LogP contribution < -0.4 is 5.73 Å². The summed E-state index contributed by atoms with van der Waals surface area (Å²) in [5.74, 6) is 0.137. The molecule has 1 aromatic carbocycles. The Balaban J connectivity index is 1.67. The maximum atomic E-state index is 13.0. The highest BCUT2D eigenvalue weighted by Gasteiger charge is 2.34. The number of nitrogens with zero attached hydrogens (tertiary/aromatic N) is 2. The van der Waals surface area contributed by atoms with Gasteiger partial charge in [0, 0.05) is 37.8 Å². The van der Waals surface area contributed by atoms with Crippen molar-refractivity contribution in [1.29, 1.82) is 0 Å². The summed E-state index contributed by atoms with van der Waals surface area (Å²) in [6, 6.07) is 7.83. The number of hydrogen-bond acceptors (Lipinski definition) is 3. The van der Waals surface area contributed by atoms with Crippen LogP contribution in [0.15, 0.2) is 24.3 Å². The first-order valence-corrected chi connectivity index (χ1v) is 9.46. The Morgan fingerprint density at radius 3 is 2.56 bits per heavy atom. The summed E-state index contributed by atoms with van der Waals surface area (Å²) < 4.78 is 0. The van der Waals surface area contributed by atoms with Crippen molar-refractivity contribution in [2.24, 2.45) is 11.7 Å². The summed E-state index contributed by atoms with van der Waals surface area (Å²) in [6.07, 6.45) is 4.95. The van der Waals surface area contributed by atoms with Crippen LogP contribution in [0.4, 0.5) is 0 Å². The molecule has 5 heteroatoms.